The van der Waals surface area contributed by atoms with Gasteiger partial charge in [0.15, 0.2) is 0 Å². The van der Waals surface area contributed by atoms with Gasteiger partial charge in [-0.25, -0.2) is 4.98 Å². The van der Waals surface area contributed by atoms with Crippen LogP contribution in [-0.4, -0.2) is 50.9 Å². The number of alkyl halides is 3. The van der Waals surface area contributed by atoms with Crippen molar-refractivity contribution in [1.29, 1.82) is 5.26 Å². The van der Waals surface area contributed by atoms with Gasteiger partial charge in [-0.1, -0.05) is 24.3 Å². The fraction of sp³-hybridized carbons (Fsp3) is 0.357. The van der Waals surface area contributed by atoms with Gasteiger partial charge in [-0.15, -0.1) is 13.2 Å². The van der Waals surface area contributed by atoms with Crippen LogP contribution in [0.15, 0.2) is 61.1 Å². The number of carboxylic acids is 1. The molecule has 1 N–H and O–H groups in total. The van der Waals surface area contributed by atoms with Gasteiger partial charge in [0.2, 0.25) is 5.91 Å². The number of benzene rings is 2. The molecule has 2 heterocycles. The average Bonchev–Trinajstić information content (AvgIpc) is 3.36. The molecule has 4 rings (SSSR count). The van der Waals surface area contributed by atoms with E-state index in [9.17, 15) is 27.9 Å². The summed E-state index contributed by atoms with van der Waals surface area (Å²) in [6.45, 7) is 2.66. The number of carbonyl (C=O) groups is 2. The molecule has 3 aromatic rings. The number of piperidine rings is 1. The normalized spacial score (nSPS) is 15.8. The van der Waals surface area contributed by atoms with E-state index in [1.165, 1.54) is 18.2 Å². The van der Waals surface area contributed by atoms with E-state index in [2.05, 4.69) is 15.8 Å². The number of likely N-dealkylation sites (tertiary alicyclic amines) is 1. The highest BCUT2D eigenvalue weighted by Gasteiger charge is 2.43. The summed E-state index contributed by atoms with van der Waals surface area (Å²) in [4.78, 5) is 31.5. The Balaban J connectivity index is 1.42. The van der Waals surface area contributed by atoms with Gasteiger partial charge < -0.3 is 19.3 Å². The monoisotopic (exact) mass is 540 g/mol. The lowest BCUT2D eigenvalue weighted by molar-refractivity contribution is -0.274. The molecule has 1 atom stereocenters. The third kappa shape index (κ3) is 6.57. The molecule has 0 bridgehead atoms. The first kappa shape index (κ1) is 27.7. The molecule has 8 nitrogen and oxygen atoms in total. The maximum Gasteiger partial charge on any atom is 0.573 e. The van der Waals surface area contributed by atoms with Crippen molar-refractivity contribution in [3.8, 4) is 11.8 Å². The lowest BCUT2D eigenvalue weighted by Crippen LogP contribution is -2.48. The maximum absolute atomic E-state index is 13.4. The van der Waals surface area contributed by atoms with Crippen LogP contribution in [-0.2, 0) is 22.6 Å². The Morgan fingerprint density at radius 2 is 1.85 bits per heavy atom. The van der Waals surface area contributed by atoms with Crippen molar-refractivity contribution in [2.45, 2.75) is 45.0 Å². The number of hydrogen-bond acceptors (Lipinski definition) is 5. The molecule has 0 spiro atoms. The van der Waals surface area contributed by atoms with Crippen LogP contribution in [0.3, 0.4) is 0 Å². The summed E-state index contributed by atoms with van der Waals surface area (Å²) in [6.07, 6.45) is -1.23. The number of ether oxygens (including phenoxy) is 1. The van der Waals surface area contributed by atoms with Crippen molar-refractivity contribution in [3.63, 3.8) is 0 Å². The lowest BCUT2D eigenvalue weighted by Gasteiger charge is -2.40. The van der Waals surface area contributed by atoms with Gasteiger partial charge in [0.05, 0.1) is 29.3 Å². The average molecular weight is 541 g/mol. The number of halogens is 3. The van der Waals surface area contributed by atoms with E-state index >= 15 is 0 Å². The van der Waals surface area contributed by atoms with Crippen LogP contribution in [0.25, 0.3) is 0 Å². The van der Waals surface area contributed by atoms with Gasteiger partial charge >= 0.3 is 12.3 Å². The fourth-order valence-electron chi connectivity index (χ4n) is 4.97. The van der Waals surface area contributed by atoms with Crippen molar-refractivity contribution in [2.75, 3.05) is 13.1 Å². The Morgan fingerprint density at radius 1 is 1.15 bits per heavy atom. The van der Waals surface area contributed by atoms with Crippen molar-refractivity contribution < 1.29 is 32.6 Å². The van der Waals surface area contributed by atoms with Crippen LogP contribution in [0.4, 0.5) is 13.2 Å². The number of nitriles is 1. The first-order valence-corrected chi connectivity index (χ1v) is 12.4. The molecule has 2 aromatic carbocycles. The van der Waals surface area contributed by atoms with Gasteiger partial charge in [-0.2, -0.15) is 5.26 Å². The topological polar surface area (TPSA) is 108 Å². The molecule has 0 radical (unpaired) electrons. The highest BCUT2D eigenvalue weighted by Crippen LogP contribution is 2.37. The summed E-state index contributed by atoms with van der Waals surface area (Å²) >= 11 is 0. The number of carbonyl (C=O) groups excluding carboxylic acids is 1. The number of aromatic nitrogens is 2. The van der Waals surface area contributed by atoms with E-state index in [1.807, 2.05) is 16.7 Å². The van der Waals surface area contributed by atoms with Crippen molar-refractivity contribution >= 4 is 11.9 Å². The maximum atomic E-state index is 13.4. The molecular weight excluding hydrogens is 513 g/mol. The first-order valence-electron chi connectivity index (χ1n) is 12.4. The quantitative estimate of drug-likeness (QED) is 0.442. The summed E-state index contributed by atoms with van der Waals surface area (Å²) in [7, 11) is 0. The number of aliphatic carboxylic acids is 1. The smallest absolute Gasteiger partial charge is 0.481 e. The molecular formula is C28H27F3N4O4. The van der Waals surface area contributed by atoms with Gasteiger partial charge in [0, 0.05) is 31.5 Å². The minimum absolute atomic E-state index is 0.0202. The second-order valence-corrected chi connectivity index (χ2v) is 9.76. The Kier molecular flexibility index (Phi) is 7.95. The number of hydrogen-bond donors (Lipinski definition) is 1. The molecule has 1 aromatic heterocycles. The van der Waals surface area contributed by atoms with E-state index in [0.29, 0.717) is 23.4 Å². The summed E-state index contributed by atoms with van der Waals surface area (Å²) in [5.74, 6) is -2.14. The molecule has 1 aliphatic heterocycles. The predicted octanol–water partition coefficient (Wildman–Crippen LogP) is 4.74. The standard InChI is InChI=1S/C28H27F3N4O4/c1-19(24-16-33-18-35(24)17-21-7-5-20(15-32)6-8-21)25(36)34-11-9-27(10-12-34,26(37)38)14-22-3-2-4-23(13-22)39-28(29,30)31/h2-8,13,16,18-19H,9-12,14,17H2,1H3,(H,37,38). The van der Waals surface area contributed by atoms with Crippen molar-refractivity contribution in [1.82, 2.24) is 14.5 Å². The summed E-state index contributed by atoms with van der Waals surface area (Å²) in [5, 5.41) is 19.0. The predicted molar refractivity (Wildman–Crippen MR) is 134 cm³/mol. The number of nitrogens with zero attached hydrogens (tertiary/aromatic N) is 4. The molecule has 204 valence electrons. The molecule has 1 amide bonds. The van der Waals surface area contributed by atoms with Crippen LogP contribution in [0.1, 0.15) is 48.1 Å². The number of amides is 1. The minimum atomic E-state index is -4.84. The second-order valence-electron chi connectivity index (χ2n) is 9.76. The molecule has 11 heteroatoms. The minimum Gasteiger partial charge on any atom is -0.481 e. The van der Waals surface area contributed by atoms with Gasteiger partial charge in [-0.3, -0.25) is 9.59 Å². The van der Waals surface area contributed by atoms with Gasteiger partial charge in [0.1, 0.15) is 5.75 Å². The zero-order valence-corrected chi connectivity index (χ0v) is 21.2. The van der Waals surface area contributed by atoms with E-state index in [4.69, 9.17) is 5.26 Å². The highest BCUT2D eigenvalue weighted by molar-refractivity contribution is 5.83. The highest BCUT2D eigenvalue weighted by atomic mass is 19.4. The second kappa shape index (κ2) is 11.2. The lowest BCUT2D eigenvalue weighted by atomic mass is 9.73. The number of rotatable bonds is 8. The number of imidazole rings is 1. The Labute approximate surface area is 223 Å². The van der Waals surface area contributed by atoms with Crippen molar-refractivity contribution in [2.24, 2.45) is 5.41 Å². The van der Waals surface area contributed by atoms with E-state index < -0.39 is 29.4 Å². The van der Waals surface area contributed by atoms with E-state index in [0.717, 1.165) is 5.56 Å². The molecule has 1 aliphatic rings. The van der Waals surface area contributed by atoms with E-state index in [-0.39, 0.29) is 38.3 Å². The summed E-state index contributed by atoms with van der Waals surface area (Å²) in [6, 6.07) is 14.5. The Bertz CT molecular complexity index is 1370. The molecule has 1 fully saturated rings. The SMILES string of the molecule is CC(C(=O)N1CCC(Cc2cccc(OC(F)(F)F)c2)(C(=O)O)CC1)c1cncn1Cc1ccc(C#N)cc1. The number of carboxylic acid groups (broad SMARTS) is 1. The largest absolute Gasteiger partial charge is 0.573 e. The zero-order valence-electron chi connectivity index (χ0n) is 21.2. The molecule has 1 unspecified atom stereocenters. The third-order valence-electron chi connectivity index (χ3n) is 7.15. The van der Waals surface area contributed by atoms with Crippen LogP contribution in [0.2, 0.25) is 0 Å². The summed E-state index contributed by atoms with van der Waals surface area (Å²) in [5.41, 5.74) is 1.41. The summed E-state index contributed by atoms with van der Waals surface area (Å²) < 4.78 is 43.7. The van der Waals surface area contributed by atoms with Crippen LogP contribution < -0.4 is 4.74 Å². The van der Waals surface area contributed by atoms with Crippen LogP contribution in [0, 0.1) is 16.7 Å². The fourth-order valence-corrected chi connectivity index (χ4v) is 4.97. The third-order valence-corrected chi connectivity index (χ3v) is 7.15. The van der Waals surface area contributed by atoms with Crippen LogP contribution in [0.5, 0.6) is 5.75 Å². The molecule has 0 saturated carbocycles. The van der Waals surface area contributed by atoms with Crippen molar-refractivity contribution in [3.05, 3.63) is 83.4 Å². The van der Waals surface area contributed by atoms with Gasteiger partial charge in [0.25, 0.3) is 0 Å². The van der Waals surface area contributed by atoms with E-state index in [1.54, 1.807) is 42.5 Å². The molecule has 39 heavy (non-hydrogen) atoms. The Hall–Kier alpha value is -4.33. The first-order chi connectivity index (χ1) is 18.5. The molecule has 0 aliphatic carbocycles. The Morgan fingerprint density at radius 3 is 2.46 bits per heavy atom. The van der Waals surface area contributed by atoms with Gasteiger partial charge in [-0.05, 0) is 61.6 Å². The zero-order chi connectivity index (χ0) is 28.2. The van der Waals surface area contributed by atoms with Crippen LogP contribution >= 0.6 is 0 Å². The molecule has 1 saturated heterocycles.